The second-order valence-corrected chi connectivity index (χ2v) is 13.2. The van der Waals surface area contributed by atoms with Crippen molar-refractivity contribution in [3.63, 3.8) is 0 Å². The lowest BCUT2D eigenvalue weighted by atomic mass is 9.94. The molecule has 0 saturated carbocycles. The summed E-state index contributed by atoms with van der Waals surface area (Å²) in [7, 11) is 0. The van der Waals surface area contributed by atoms with E-state index in [-0.39, 0.29) is 18.1 Å². The molecule has 13 nitrogen and oxygen atoms in total. The second kappa shape index (κ2) is 13.4. The van der Waals surface area contributed by atoms with E-state index in [1.165, 1.54) is 12.8 Å². The minimum atomic E-state index is -0.432. The minimum Gasteiger partial charge on any atom is -0.507 e. The van der Waals surface area contributed by atoms with E-state index < -0.39 is 6.10 Å². The molecule has 46 heavy (non-hydrogen) atoms. The van der Waals surface area contributed by atoms with Gasteiger partial charge in [0, 0.05) is 63.5 Å². The van der Waals surface area contributed by atoms with Gasteiger partial charge in [-0.1, -0.05) is 12.1 Å². The van der Waals surface area contributed by atoms with Gasteiger partial charge < -0.3 is 34.6 Å². The summed E-state index contributed by atoms with van der Waals surface area (Å²) in [6, 6.07) is 11.8. The van der Waals surface area contributed by atoms with Crippen LogP contribution in [0.15, 0.2) is 40.9 Å². The number of rotatable bonds is 9. The molecule has 2 aromatic heterocycles. The second-order valence-electron chi connectivity index (χ2n) is 13.2. The van der Waals surface area contributed by atoms with Crippen molar-refractivity contribution in [2.45, 2.75) is 50.8 Å². The molecule has 3 atom stereocenters. The summed E-state index contributed by atoms with van der Waals surface area (Å²) in [5.41, 5.74) is 2.44. The van der Waals surface area contributed by atoms with Crippen molar-refractivity contribution >= 4 is 17.4 Å². The number of aromatic nitrogens is 3. The fourth-order valence-electron chi connectivity index (χ4n) is 7.26. The number of piperidine rings is 1. The van der Waals surface area contributed by atoms with Crippen molar-refractivity contribution in [2.75, 3.05) is 75.7 Å². The maximum atomic E-state index is 12.4. The SMILES string of the molecule is C[C@H]1CN2c3cc(-c4ccccc4O)nnc3NC[C@H]2CN1CC1CCN(CCOc2cc(CC(=O)N3CC[C@@H](O)C3)on2)CC1. The molecular weight excluding hydrogens is 588 g/mol. The van der Waals surface area contributed by atoms with Gasteiger partial charge in [-0.2, -0.15) is 0 Å². The highest BCUT2D eigenvalue weighted by Crippen LogP contribution is 2.37. The predicted octanol–water partition coefficient (Wildman–Crippen LogP) is 2.07. The van der Waals surface area contributed by atoms with E-state index in [9.17, 15) is 15.0 Å². The molecule has 13 heteroatoms. The number of fused-ring (bicyclic) bond motifs is 3. The maximum Gasteiger partial charge on any atom is 0.254 e. The van der Waals surface area contributed by atoms with Gasteiger partial charge in [0.15, 0.2) is 5.82 Å². The van der Waals surface area contributed by atoms with Crippen molar-refractivity contribution in [1.29, 1.82) is 0 Å². The van der Waals surface area contributed by atoms with Gasteiger partial charge in [0.05, 0.1) is 29.9 Å². The monoisotopic (exact) mass is 632 g/mol. The van der Waals surface area contributed by atoms with Crippen molar-refractivity contribution in [3.8, 4) is 22.9 Å². The van der Waals surface area contributed by atoms with Gasteiger partial charge in [0.1, 0.15) is 18.1 Å². The molecule has 4 aliphatic heterocycles. The van der Waals surface area contributed by atoms with E-state index in [4.69, 9.17) is 9.26 Å². The molecule has 3 fully saturated rings. The molecule has 7 rings (SSSR count). The Morgan fingerprint density at radius 1 is 1.09 bits per heavy atom. The Morgan fingerprint density at radius 2 is 1.93 bits per heavy atom. The summed E-state index contributed by atoms with van der Waals surface area (Å²) in [4.78, 5) is 21.6. The number of phenolic OH excluding ortho intramolecular Hbond substituents is 1. The van der Waals surface area contributed by atoms with Gasteiger partial charge in [0.25, 0.3) is 5.88 Å². The predicted molar refractivity (Wildman–Crippen MR) is 172 cm³/mol. The number of aliphatic hydroxyl groups excluding tert-OH is 1. The number of anilines is 2. The standard InChI is InChI=1S/C33H44N8O5/c1-22-18-41-24(17-34-33-29(41)16-28(35-36-33)27-4-2-3-5-30(27)43)20-40(22)19-23-6-9-38(10-7-23)12-13-45-31-14-26(46-37-31)15-32(44)39-11-8-25(42)21-39/h2-5,14,16,22-25,42-43H,6-13,15,17-21H2,1H3,(H,34,36)/t22-,24-,25+/m0/s1. The van der Waals surface area contributed by atoms with Crippen LogP contribution < -0.4 is 15.0 Å². The van der Waals surface area contributed by atoms with Gasteiger partial charge in [-0.05, 0) is 68.5 Å². The first-order valence-corrected chi connectivity index (χ1v) is 16.6. The van der Waals surface area contributed by atoms with Gasteiger partial charge >= 0.3 is 0 Å². The van der Waals surface area contributed by atoms with E-state index in [1.807, 2.05) is 18.2 Å². The zero-order valence-electron chi connectivity index (χ0n) is 26.4. The topological polar surface area (TPSA) is 144 Å². The number of nitrogens with one attached hydrogen (secondary N) is 1. The van der Waals surface area contributed by atoms with E-state index in [0.717, 1.165) is 57.3 Å². The molecule has 0 unspecified atom stereocenters. The van der Waals surface area contributed by atoms with Crippen LogP contribution in [0, 0.1) is 5.92 Å². The zero-order valence-corrected chi connectivity index (χ0v) is 26.4. The number of piperazine rings is 1. The van der Waals surface area contributed by atoms with Crippen LogP contribution in [0.5, 0.6) is 11.6 Å². The molecule has 0 spiro atoms. The van der Waals surface area contributed by atoms with Crippen LogP contribution in [0.3, 0.4) is 0 Å². The summed E-state index contributed by atoms with van der Waals surface area (Å²) < 4.78 is 11.2. The number of carbonyl (C=O) groups excluding carboxylic acids is 1. The Balaban J connectivity index is 0.852. The third-order valence-corrected chi connectivity index (χ3v) is 9.97. The Morgan fingerprint density at radius 3 is 2.74 bits per heavy atom. The Bertz CT molecular complexity index is 1510. The molecule has 0 aliphatic carbocycles. The lowest BCUT2D eigenvalue weighted by molar-refractivity contribution is -0.130. The first-order chi connectivity index (χ1) is 22.4. The number of carbonyl (C=O) groups is 1. The van der Waals surface area contributed by atoms with Crippen LogP contribution in [-0.4, -0.2) is 130 Å². The van der Waals surface area contributed by atoms with Crippen molar-refractivity contribution in [1.82, 2.24) is 30.1 Å². The number of nitrogens with zero attached hydrogens (tertiary/aromatic N) is 7. The molecule has 1 amide bonds. The summed E-state index contributed by atoms with van der Waals surface area (Å²) in [5.74, 6) is 2.52. The highest BCUT2D eigenvalue weighted by molar-refractivity contribution is 5.78. The van der Waals surface area contributed by atoms with E-state index in [0.29, 0.717) is 67.0 Å². The lowest BCUT2D eigenvalue weighted by Gasteiger charge is -2.50. The maximum absolute atomic E-state index is 12.4. The summed E-state index contributed by atoms with van der Waals surface area (Å²) in [6.45, 7) is 10.6. The first kappa shape index (κ1) is 30.7. The number of para-hydroxylation sites is 1. The van der Waals surface area contributed by atoms with E-state index in [1.54, 1.807) is 17.0 Å². The van der Waals surface area contributed by atoms with Crippen molar-refractivity contribution in [3.05, 3.63) is 42.2 Å². The summed E-state index contributed by atoms with van der Waals surface area (Å²) in [5, 5.41) is 36.4. The number of ether oxygens (including phenoxy) is 1. The Hall–Kier alpha value is -3.94. The first-order valence-electron chi connectivity index (χ1n) is 16.6. The number of benzene rings is 1. The van der Waals surface area contributed by atoms with Gasteiger partial charge in [-0.3, -0.25) is 14.6 Å². The fraction of sp³-hybridized carbons (Fsp3) is 0.576. The Labute approximate surface area is 269 Å². The number of hydrogen-bond acceptors (Lipinski definition) is 12. The molecule has 1 aromatic carbocycles. The van der Waals surface area contributed by atoms with Gasteiger partial charge in [-0.15, -0.1) is 10.2 Å². The highest BCUT2D eigenvalue weighted by atomic mass is 16.5. The lowest BCUT2D eigenvalue weighted by Crippen LogP contribution is -2.62. The zero-order chi connectivity index (χ0) is 31.6. The van der Waals surface area contributed by atoms with Gasteiger partial charge in [0.2, 0.25) is 5.91 Å². The largest absolute Gasteiger partial charge is 0.507 e. The van der Waals surface area contributed by atoms with Crippen LogP contribution in [0.2, 0.25) is 0 Å². The third-order valence-electron chi connectivity index (χ3n) is 9.97. The van der Waals surface area contributed by atoms with Crippen LogP contribution in [0.1, 0.15) is 31.9 Å². The van der Waals surface area contributed by atoms with Crippen LogP contribution >= 0.6 is 0 Å². The quantitative estimate of drug-likeness (QED) is 0.318. The van der Waals surface area contributed by atoms with E-state index >= 15 is 0 Å². The molecule has 3 N–H and O–H groups in total. The number of aromatic hydroxyl groups is 1. The molecule has 3 saturated heterocycles. The van der Waals surface area contributed by atoms with Gasteiger partial charge in [-0.25, -0.2) is 0 Å². The number of aliphatic hydroxyl groups is 1. The van der Waals surface area contributed by atoms with Crippen LogP contribution in [0.4, 0.5) is 11.5 Å². The van der Waals surface area contributed by atoms with Crippen molar-refractivity contribution < 1.29 is 24.3 Å². The molecular formula is C33H44N8O5. The summed E-state index contributed by atoms with van der Waals surface area (Å²) in [6.07, 6.45) is 2.65. The van der Waals surface area contributed by atoms with Crippen LogP contribution in [-0.2, 0) is 11.2 Å². The van der Waals surface area contributed by atoms with Crippen molar-refractivity contribution in [2.24, 2.45) is 5.92 Å². The minimum absolute atomic E-state index is 0.0618. The fourth-order valence-corrected chi connectivity index (χ4v) is 7.26. The Kier molecular flexibility index (Phi) is 8.96. The van der Waals surface area contributed by atoms with Crippen LogP contribution in [0.25, 0.3) is 11.3 Å². The molecule has 0 bridgehead atoms. The van der Waals surface area contributed by atoms with E-state index in [2.05, 4.69) is 48.4 Å². The molecule has 6 heterocycles. The average Bonchev–Trinajstić information content (AvgIpc) is 3.71. The third kappa shape index (κ3) is 6.76. The number of phenols is 1. The normalized spacial score (nSPS) is 24.0. The molecule has 3 aromatic rings. The number of hydrogen-bond donors (Lipinski definition) is 3. The highest BCUT2D eigenvalue weighted by Gasteiger charge is 2.37. The molecule has 246 valence electrons. The number of β-amino-alcohol motifs (C(OH)–C–C–N with tert-alkyl or cyclic N) is 1. The number of amides is 1. The average molecular weight is 633 g/mol. The molecule has 4 aliphatic rings. The number of likely N-dealkylation sites (tertiary alicyclic amines) is 2. The molecule has 0 radical (unpaired) electrons. The summed E-state index contributed by atoms with van der Waals surface area (Å²) >= 11 is 0. The smallest absolute Gasteiger partial charge is 0.254 e.